The van der Waals surface area contributed by atoms with Crippen molar-refractivity contribution in [1.82, 2.24) is 0 Å². The molecule has 7 heteroatoms. The Bertz CT molecular complexity index is 763. The predicted molar refractivity (Wildman–Crippen MR) is 96.9 cm³/mol. The van der Waals surface area contributed by atoms with Crippen molar-refractivity contribution in [1.29, 1.82) is 0 Å². The molecule has 0 spiro atoms. The van der Waals surface area contributed by atoms with E-state index in [0.717, 1.165) is 0 Å². The first-order valence-electron chi connectivity index (χ1n) is 8.43. The minimum atomic E-state index is -0.795. The van der Waals surface area contributed by atoms with E-state index in [1.807, 2.05) is 0 Å². The number of aliphatic hydroxyl groups is 1. The van der Waals surface area contributed by atoms with Gasteiger partial charge in [-0.25, -0.2) is 13.6 Å². The van der Waals surface area contributed by atoms with E-state index >= 15 is 0 Å². The Morgan fingerprint density at radius 3 is 2.22 bits per heavy atom. The van der Waals surface area contributed by atoms with Crippen LogP contribution in [0.15, 0.2) is 54.6 Å². The quantitative estimate of drug-likeness (QED) is 0.316. The standard InChI is InChI=1S/C20H21F2NO4/c21-18-6-1-16(2-7-18)5-10-20(25)27-14-12-23(26,11-13-24)15-17-3-8-19(22)9-4-17/h1-10,24H,11-15H2/b10-5+/t23-/m0/s1. The second-order valence-corrected chi connectivity index (χ2v) is 6.07. The monoisotopic (exact) mass is 377 g/mol. The third kappa shape index (κ3) is 7.26. The van der Waals surface area contributed by atoms with Crippen molar-refractivity contribution in [3.8, 4) is 0 Å². The molecule has 1 atom stereocenters. The van der Waals surface area contributed by atoms with Gasteiger partial charge in [-0.05, 0) is 35.9 Å². The lowest BCUT2D eigenvalue weighted by Gasteiger charge is -2.42. The van der Waals surface area contributed by atoms with Gasteiger partial charge in [0, 0.05) is 11.6 Å². The van der Waals surface area contributed by atoms with Crippen molar-refractivity contribution in [2.24, 2.45) is 0 Å². The van der Waals surface area contributed by atoms with Crippen LogP contribution in [-0.2, 0) is 16.1 Å². The molecule has 0 aliphatic heterocycles. The normalized spacial score (nSPS) is 13.5. The van der Waals surface area contributed by atoms with Crippen LogP contribution in [0.4, 0.5) is 8.78 Å². The molecule has 0 amide bonds. The van der Waals surface area contributed by atoms with Crippen LogP contribution < -0.4 is 0 Å². The molecule has 144 valence electrons. The SMILES string of the molecule is O=C(/C=C/c1ccc(F)cc1)OCC[N@@+]([O-])(CCO)Cc1ccc(F)cc1. The minimum Gasteiger partial charge on any atom is -0.632 e. The van der Waals surface area contributed by atoms with E-state index in [0.29, 0.717) is 11.1 Å². The highest BCUT2D eigenvalue weighted by molar-refractivity contribution is 5.87. The number of hydrogen-bond donors (Lipinski definition) is 1. The molecule has 2 aromatic rings. The Morgan fingerprint density at radius 2 is 1.63 bits per heavy atom. The topological polar surface area (TPSA) is 69.6 Å². The number of nitrogens with zero attached hydrogens (tertiary/aromatic N) is 1. The third-order valence-corrected chi connectivity index (χ3v) is 3.92. The maximum absolute atomic E-state index is 13.0. The summed E-state index contributed by atoms with van der Waals surface area (Å²) in [7, 11) is 0. The molecule has 27 heavy (non-hydrogen) atoms. The van der Waals surface area contributed by atoms with E-state index < -0.39 is 16.4 Å². The van der Waals surface area contributed by atoms with Gasteiger partial charge < -0.3 is 19.7 Å². The molecule has 0 fully saturated rings. The molecule has 0 saturated carbocycles. The van der Waals surface area contributed by atoms with E-state index in [4.69, 9.17) is 9.84 Å². The van der Waals surface area contributed by atoms with Crippen LogP contribution in [0.1, 0.15) is 11.1 Å². The maximum Gasteiger partial charge on any atom is 0.330 e. The number of ether oxygens (including phenoxy) is 1. The van der Waals surface area contributed by atoms with Crippen LogP contribution in [-0.4, -0.2) is 42.0 Å². The first-order chi connectivity index (χ1) is 12.9. The largest absolute Gasteiger partial charge is 0.632 e. The van der Waals surface area contributed by atoms with Gasteiger partial charge in [0.05, 0.1) is 6.61 Å². The summed E-state index contributed by atoms with van der Waals surface area (Å²) in [5.74, 6) is -1.40. The molecule has 0 heterocycles. The van der Waals surface area contributed by atoms with Gasteiger partial charge in [0.25, 0.3) is 0 Å². The molecule has 2 aromatic carbocycles. The molecule has 0 saturated heterocycles. The Labute approximate surface area is 156 Å². The molecule has 0 radical (unpaired) electrons. The van der Waals surface area contributed by atoms with Crippen molar-refractivity contribution in [3.63, 3.8) is 0 Å². The fourth-order valence-electron chi connectivity index (χ4n) is 2.47. The average molecular weight is 377 g/mol. The number of carbonyl (C=O) groups is 1. The van der Waals surface area contributed by atoms with Gasteiger partial charge >= 0.3 is 5.97 Å². The highest BCUT2D eigenvalue weighted by Crippen LogP contribution is 2.14. The third-order valence-electron chi connectivity index (χ3n) is 3.92. The Hall–Kier alpha value is -2.61. The number of esters is 1. The number of quaternary nitrogens is 1. The average Bonchev–Trinajstić information content (AvgIpc) is 2.63. The van der Waals surface area contributed by atoms with Crippen LogP contribution in [0.5, 0.6) is 0 Å². The van der Waals surface area contributed by atoms with Gasteiger partial charge in [0.1, 0.15) is 37.9 Å². The van der Waals surface area contributed by atoms with Gasteiger partial charge in [0.15, 0.2) is 0 Å². The maximum atomic E-state index is 13.0. The molecule has 0 aliphatic rings. The van der Waals surface area contributed by atoms with Crippen LogP contribution >= 0.6 is 0 Å². The summed E-state index contributed by atoms with van der Waals surface area (Å²) in [5, 5.41) is 21.9. The van der Waals surface area contributed by atoms with Crippen molar-refractivity contribution >= 4 is 12.0 Å². The Balaban J connectivity index is 1.86. The second-order valence-electron chi connectivity index (χ2n) is 6.07. The van der Waals surface area contributed by atoms with Gasteiger partial charge in [-0.15, -0.1) is 0 Å². The summed E-state index contributed by atoms with van der Waals surface area (Å²) >= 11 is 0. The van der Waals surface area contributed by atoms with Crippen molar-refractivity contribution in [2.45, 2.75) is 6.54 Å². The van der Waals surface area contributed by atoms with Crippen molar-refractivity contribution in [2.75, 3.05) is 26.3 Å². The molecule has 0 aliphatic carbocycles. The summed E-state index contributed by atoms with van der Waals surface area (Å²) in [6.45, 7) is -0.529. The molecule has 0 unspecified atom stereocenters. The predicted octanol–water partition coefficient (Wildman–Crippen LogP) is 3.03. The summed E-state index contributed by atoms with van der Waals surface area (Å²) in [5.41, 5.74) is 1.27. The van der Waals surface area contributed by atoms with Crippen LogP contribution in [0.25, 0.3) is 6.08 Å². The number of halogens is 2. The minimum absolute atomic E-state index is 0.0316. The van der Waals surface area contributed by atoms with Crippen molar-refractivity contribution < 1.29 is 28.1 Å². The Kier molecular flexibility index (Phi) is 7.60. The first kappa shape index (κ1) is 20.7. The van der Waals surface area contributed by atoms with Crippen molar-refractivity contribution in [3.05, 3.63) is 82.6 Å². The van der Waals surface area contributed by atoms with E-state index in [9.17, 15) is 18.8 Å². The highest BCUT2D eigenvalue weighted by atomic mass is 19.1. The van der Waals surface area contributed by atoms with Gasteiger partial charge in [-0.3, -0.25) is 0 Å². The number of carbonyl (C=O) groups excluding carboxylic acids is 1. The molecule has 5 nitrogen and oxygen atoms in total. The zero-order valence-electron chi connectivity index (χ0n) is 14.7. The summed E-state index contributed by atoms with van der Waals surface area (Å²) < 4.78 is 30.0. The van der Waals surface area contributed by atoms with Crippen LogP contribution in [0.2, 0.25) is 0 Å². The fraction of sp³-hybridized carbons (Fsp3) is 0.250. The summed E-state index contributed by atoms with van der Waals surface area (Å²) in [6, 6.07) is 11.1. The molecule has 1 N–H and O–H groups in total. The van der Waals surface area contributed by atoms with Gasteiger partial charge in [0.2, 0.25) is 0 Å². The molecule has 0 aromatic heterocycles. The summed E-state index contributed by atoms with van der Waals surface area (Å²) in [6.07, 6.45) is 2.67. The van der Waals surface area contributed by atoms with E-state index in [2.05, 4.69) is 0 Å². The van der Waals surface area contributed by atoms with E-state index in [1.165, 1.54) is 60.7 Å². The lowest BCUT2D eigenvalue weighted by molar-refractivity contribution is -0.894. The number of hydrogen-bond acceptors (Lipinski definition) is 4. The number of aliphatic hydroxyl groups excluding tert-OH is 1. The second kappa shape index (κ2) is 9.91. The van der Waals surface area contributed by atoms with Crippen LogP contribution in [0, 0.1) is 16.8 Å². The molecule has 2 rings (SSSR count). The van der Waals surface area contributed by atoms with E-state index in [1.54, 1.807) is 0 Å². The Morgan fingerprint density at radius 1 is 1.04 bits per heavy atom. The molecule has 0 bridgehead atoms. The molecular formula is C20H21F2NO4. The number of rotatable bonds is 9. The smallest absolute Gasteiger partial charge is 0.330 e. The van der Waals surface area contributed by atoms with Gasteiger partial charge in [-0.1, -0.05) is 24.3 Å². The lowest BCUT2D eigenvalue weighted by atomic mass is 10.2. The van der Waals surface area contributed by atoms with Crippen LogP contribution in [0.3, 0.4) is 0 Å². The number of hydroxylamine groups is 3. The molecular weight excluding hydrogens is 356 g/mol. The van der Waals surface area contributed by atoms with E-state index in [-0.39, 0.29) is 38.7 Å². The highest BCUT2D eigenvalue weighted by Gasteiger charge is 2.18. The zero-order valence-corrected chi connectivity index (χ0v) is 14.7. The summed E-state index contributed by atoms with van der Waals surface area (Å²) in [4.78, 5) is 11.7. The lowest BCUT2D eigenvalue weighted by Crippen LogP contribution is -2.46. The zero-order chi connectivity index (χ0) is 19.7. The first-order valence-corrected chi connectivity index (χ1v) is 8.43. The number of benzene rings is 2. The fourth-order valence-corrected chi connectivity index (χ4v) is 2.47. The van der Waals surface area contributed by atoms with Gasteiger partial charge in [-0.2, -0.15) is 0 Å².